The minimum atomic E-state index is -4.24. The average molecular weight is 377 g/mol. The van der Waals surface area contributed by atoms with Crippen molar-refractivity contribution >= 4 is 49.2 Å². The van der Waals surface area contributed by atoms with Gasteiger partial charge >= 0.3 is 5.97 Å². The van der Waals surface area contributed by atoms with Crippen molar-refractivity contribution in [3.63, 3.8) is 0 Å². The number of carbonyl (C=O) groups is 1. The fraction of sp³-hybridized carbons (Fsp3) is 0.222. The molecule has 0 bridgehead atoms. The molecular formula is C9H10Cl2N2O6S2. The molecule has 0 radical (unpaired) electrons. The van der Waals surface area contributed by atoms with Crippen molar-refractivity contribution in [2.45, 2.75) is 4.90 Å². The van der Waals surface area contributed by atoms with Crippen LogP contribution in [0.1, 0.15) is 10.4 Å². The number of hydrogen-bond donors (Lipinski definition) is 3. The van der Waals surface area contributed by atoms with E-state index in [2.05, 4.69) is 0 Å². The van der Waals surface area contributed by atoms with Crippen molar-refractivity contribution in [1.82, 2.24) is 4.72 Å². The van der Waals surface area contributed by atoms with Crippen LogP contribution < -0.4 is 9.86 Å². The van der Waals surface area contributed by atoms with Crippen LogP contribution in [0.15, 0.2) is 17.0 Å². The van der Waals surface area contributed by atoms with Gasteiger partial charge in [-0.25, -0.2) is 31.5 Å². The Bertz CT molecular complexity index is 776. The Hall–Kier alpha value is -0.910. The van der Waals surface area contributed by atoms with Crippen molar-refractivity contribution < 1.29 is 26.7 Å². The number of nitrogens with two attached hydrogens (primary N) is 1. The van der Waals surface area contributed by atoms with Crippen LogP contribution >= 0.6 is 23.2 Å². The van der Waals surface area contributed by atoms with E-state index in [4.69, 9.17) is 33.4 Å². The second kappa shape index (κ2) is 6.46. The molecule has 0 saturated carbocycles. The summed E-state index contributed by atoms with van der Waals surface area (Å²) in [4.78, 5) is 10.4. The Balaban J connectivity index is 3.17. The smallest absolute Gasteiger partial charge is 0.337 e. The molecule has 0 aromatic heterocycles. The van der Waals surface area contributed by atoms with E-state index in [1.165, 1.54) is 0 Å². The maximum atomic E-state index is 12.0. The summed E-state index contributed by atoms with van der Waals surface area (Å²) in [5.41, 5.74) is -0.490. The zero-order valence-electron chi connectivity index (χ0n) is 10.2. The van der Waals surface area contributed by atoms with Crippen LogP contribution in [0.4, 0.5) is 0 Å². The number of benzene rings is 1. The standard InChI is InChI=1S/C9H10Cl2N2O6S2/c10-5-3-6(9(14)15)8(11)7(4-5)21(18,19)13-1-2-20(12,16)17/h3-4,13H,1-2H2,(H,14,15)(H2,12,16,17). The second-order valence-corrected chi connectivity index (χ2v) is 8.12. The molecule has 12 heteroatoms. The number of halogens is 2. The highest BCUT2D eigenvalue weighted by Crippen LogP contribution is 2.29. The fourth-order valence-electron chi connectivity index (χ4n) is 1.31. The average Bonchev–Trinajstić information content (AvgIpc) is 2.29. The Morgan fingerprint density at radius 1 is 1.24 bits per heavy atom. The van der Waals surface area contributed by atoms with Gasteiger partial charge in [-0.1, -0.05) is 23.2 Å². The summed E-state index contributed by atoms with van der Waals surface area (Å²) in [5.74, 6) is -2.08. The Labute approximate surface area is 130 Å². The minimum Gasteiger partial charge on any atom is -0.478 e. The molecule has 0 aliphatic rings. The van der Waals surface area contributed by atoms with Gasteiger partial charge in [-0.2, -0.15) is 0 Å². The molecule has 21 heavy (non-hydrogen) atoms. The lowest BCUT2D eigenvalue weighted by atomic mass is 10.2. The number of hydrogen-bond acceptors (Lipinski definition) is 5. The molecule has 118 valence electrons. The van der Waals surface area contributed by atoms with E-state index in [0.29, 0.717) is 0 Å². The molecule has 0 spiro atoms. The highest BCUT2D eigenvalue weighted by atomic mass is 35.5. The number of rotatable bonds is 6. The highest BCUT2D eigenvalue weighted by Gasteiger charge is 2.23. The summed E-state index contributed by atoms with van der Waals surface area (Å²) in [6, 6.07) is 1.95. The third-order valence-electron chi connectivity index (χ3n) is 2.20. The van der Waals surface area contributed by atoms with Crippen LogP contribution in [0, 0.1) is 0 Å². The van der Waals surface area contributed by atoms with Crippen molar-refractivity contribution in [2.75, 3.05) is 12.3 Å². The van der Waals surface area contributed by atoms with Gasteiger partial charge in [0, 0.05) is 11.6 Å². The minimum absolute atomic E-state index is 0.149. The topological polar surface area (TPSA) is 144 Å². The molecule has 4 N–H and O–H groups in total. The molecule has 8 nitrogen and oxygen atoms in total. The largest absolute Gasteiger partial charge is 0.478 e. The molecule has 1 rings (SSSR count). The van der Waals surface area contributed by atoms with Crippen molar-refractivity contribution in [1.29, 1.82) is 0 Å². The summed E-state index contributed by atoms with van der Waals surface area (Å²) in [5, 5.41) is 13.0. The quantitative estimate of drug-likeness (QED) is 0.649. The summed E-state index contributed by atoms with van der Waals surface area (Å²) in [7, 11) is -8.09. The highest BCUT2D eigenvalue weighted by molar-refractivity contribution is 7.90. The van der Waals surface area contributed by atoms with Crippen LogP contribution in [0.5, 0.6) is 0 Å². The number of nitrogens with one attached hydrogen (secondary N) is 1. The SMILES string of the molecule is NS(=O)(=O)CCNS(=O)(=O)c1cc(Cl)cc(C(=O)O)c1Cl. The van der Waals surface area contributed by atoms with Crippen LogP contribution in [0.2, 0.25) is 10.0 Å². The van der Waals surface area contributed by atoms with Gasteiger partial charge in [0.05, 0.1) is 16.3 Å². The zero-order chi connectivity index (χ0) is 16.4. The molecule has 0 saturated heterocycles. The van der Waals surface area contributed by atoms with Gasteiger partial charge in [0.1, 0.15) is 4.90 Å². The molecule has 0 atom stereocenters. The van der Waals surface area contributed by atoms with Crippen molar-refractivity contribution in [3.05, 3.63) is 27.7 Å². The number of sulfonamides is 2. The van der Waals surface area contributed by atoms with Gasteiger partial charge in [-0.15, -0.1) is 0 Å². The van der Waals surface area contributed by atoms with Gasteiger partial charge in [0.25, 0.3) is 0 Å². The van der Waals surface area contributed by atoms with Crippen LogP contribution in [-0.4, -0.2) is 40.2 Å². The predicted octanol–water partition coefficient (Wildman–Crippen LogP) is 0.258. The molecule has 1 aromatic rings. The predicted molar refractivity (Wildman–Crippen MR) is 76.6 cm³/mol. The maximum Gasteiger partial charge on any atom is 0.337 e. The molecule has 0 amide bonds. The van der Waals surface area contributed by atoms with Crippen molar-refractivity contribution in [2.24, 2.45) is 5.14 Å². The molecule has 0 heterocycles. The van der Waals surface area contributed by atoms with Gasteiger partial charge in [-0.05, 0) is 12.1 Å². The molecule has 0 aliphatic heterocycles. The van der Waals surface area contributed by atoms with E-state index in [1.54, 1.807) is 0 Å². The molecular weight excluding hydrogens is 367 g/mol. The van der Waals surface area contributed by atoms with Gasteiger partial charge in [0.2, 0.25) is 20.0 Å². The fourth-order valence-corrected chi connectivity index (χ4v) is 3.76. The molecule has 1 aromatic carbocycles. The Morgan fingerprint density at radius 2 is 1.81 bits per heavy atom. The van der Waals surface area contributed by atoms with E-state index in [1.807, 2.05) is 4.72 Å². The number of primary sulfonamides is 1. The Kier molecular flexibility index (Phi) is 5.58. The lowest BCUT2D eigenvalue weighted by molar-refractivity contribution is 0.0697. The molecule has 0 aliphatic carbocycles. The number of carboxylic acids is 1. The lowest BCUT2D eigenvalue weighted by Crippen LogP contribution is -2.31. The zero-order valence-corrected chi connectivity index (χ0v) is 13.4. The summed E-state index contributed by atoms with van der Waals surface area (Å²) >= 11 is 11.4. The third kappa shape index (κ3) is 5.09. The van der Waals surface area contributed by atoms with Crippen molar-refractivity contribution in [3.8, 4) is 0 Å². The maximum absolute atomic E-state index is 12.0. The number of aromatic carboxylic acids is 1. The first-order chi connectivity index (χ1) is 9.44. The second-order valence-electron chi connectivity index (χ2n) is 3.84. The van der Waals surface area contributed by atoms with E-state index in [0.717, 1.165) is 12.1 Å². The summed E-state index contributed by atoms with van der Waals surface area (Å²) in [6.45, 7) is -0.494. The van der Waals surface area contributed by atoms with Gasteiger partial charge < -0.3 is 5.11 Å². The Morgan fingerprint density at radius 3 is 2.29 bits per heavy atom. The first-order valence-corrected chi connectivity index (χ1v) is 9.12. The summed E-state index contributed by atoms with van der Waals surface area (Å²) < 4.78 is 47.4. The van der Waals surface area contributed by atoms with Crippen LogP contribution in [0.3, 0.4) is 0 Å². The normalized spacial score (nSPS) is 12.3. The third-order valence-corrected chi connectivity index (χ3v) is 5.20. The van der Waals surface area contributed by atoms with Gasteiger partial charge in [-0.3, -0.25) is 0 Å². The van der Waals surface area contributed by atoms with E-state index < -0.39 is 53.8 Å². The van der Waals surface area contributed by atoms with Crippen LogP contribution in [0.25, 0.3) is 0 Å². The molecule has 0 unspecified atom stereocenters. The lowest BCUT2D eigenvalue weighted by Gasteiger charge is -2.10. The molecule has 0 fully saturated rings. The summed E-state index contributed by atoms with van der Waals surface area (Å²) in [6.07, 6.45) is 0. The number of carboxylic acid groups (broad SMARTS) is 1. The van der Waals surface area contributed by atoms with E-state index in [-0.39, 0.29) is 5.02 Å². The van der Waals surface area contributed by atoms with Gasteiger partial charge in [0.15, 0.2) is 0 Å². The van der Waals surface area contributed by atoms with Crippen LogP contribution in [-0.2, 0) is 20.0 Å². The van der Waals surface area contributed by atoms with E-state index >= 15 is 0 Å². The monoisotopic (exact) mass is 376 g/mol. The van der Waals surface area contributed by atoms with E-state index in [9.17, 15) is 21.6 Å². The first kappa shape index (κ1) is 18.1. The first-order valence-electron chi connectivity index (χ1n) is 5.16.